The van der Waals surface area contributed by atoms with Gasteiger partial charge >= 0.3 is 0 Å². The van der Waals surface area contributed by atoms with Gasteiger partial charge in [-0.3, -0.25) is 4.79 Å². The molecule has 0 amide bonds. The van der Waals surface area contributed by atoms with Crippen molar-refractivity contribution in [3.8, 4) is 5.75 Å². The van der Waals surface area contributed by atoms with Crippen LogP contribution in [0.25, 0.3) is 10.9 Å². The second kappa shape index (κ2) is 6.75. The van der Waals surface area contributed by atoms with Crippen molar-refractivity contribution >= 4 is 10.9 Å². The van der Waals surface area contributed by atoms with Crippen molar-refractivity contribution in [1.29, 1.82) is 0 Å². The summed E-state index contributed by atoms with van der Waals surface area (Å²) < 4.78 is 5.27. The average Bonchev–Trinajstić information content (AvgIpc) is 2.58. The number of aryl methyl sites for hydroxylation is 1. The molecule has 0 aliphatic carbocycles. The lowest BCUT2D eigenvalue weighted by atomic mass is 9.98. The van der Waals surface area contributed by atoms with Crippen LogP contribution in [-0.4, -0.2) is 24.7 Å². The Morgan fingerprint density at radius 1 is 1.35 bits per heavy atom. The van der Waals surface area contributed by atoms with Crippen LogP contribution in [0.3, 0.4) is 0 Å². The molecule has 23 heavy (non-hydrogen) atoms. The van der Waals surface area contributed by atoms with Crippen LogP contribution in [0, 0.1) is 6.92 Å². The molecule has 2 aromatic rings. The van der Waals surface area contributed by atoms with E-state index in [4.69, 9.17) is 4.74 Å². The monoisotopic (exact) mass is 315 g/mol. The third kappa shape index (κ3) is 3.13. The number of quaternary nitrogens is 1. The molecule has 1 aromatic carbocycles. The maximum absolute atomic E-state index is 13.0. The standard InChI is InChI=1S/C19H26N2O2/c1-4-14-7-5-6-10-21(14)12-17-13(2)20-18-9-8-15(23-3)11-16(18)19(17)22/h8-9,11,14H,4-7,10,12H2,1-3H3,(H,20,22)/p+1. The number of methoxy groups -OCH3 is 1. The molecule has 124 valence electrons. The first-order valence-electron chi connectivity index (χ1n) is 8.68. The first-order valence-corrected chi connectivity index (χ1v) is 8.68. The van der Waals surface area contributed by atoms with E-state index in [1.54, 1.807) is 12.0 Å². The van der Waals surface area contributed by atoms with Crippen LogP contribution in [0.5, 0.6) is 5.75 Å². The van der Waals surface area contributed by atoms with Gasteiger partial charge in [0.25, 0.3) is 0 Å². The summed E-state index contributed by atoms with van der Waals surface area (Å²) in [5.41, 5.74) is 2.97. The topological polar surface area (TPSA) is 46.5 Å². The second-order valence-electron chi connectivity index (χ2n) is 6.66. The van der Waals surface area contributed by atoms with Crippen molar-refractivity contribution in [3.05, 3.63) is 39.7 Å². The van der Waals surface area contributed by atoms with Crippen molar-refractivity contribution in [2.24, 2.45) is 0 Å². The van der Waals surface area contributed by atoms with Crippen LogP contribution < -0.4 is 15.1 Å². The number of benzene rings is 1. The van der Waals surface area contributed by atoms with Gasteiger partial charge in [-0.05, 0) is 50.8 Å². The zero-order valence-corrected chi connectivity index (χ0v) is 14.4. The van der Waals surface area contributed by atoms with Crippen LogP contribution in [0.2, 0.25) is 0 Å². The van der Waals surface area contributed by atoms with E-state index in [-0.39, 0.29) is 5.43 Å². The van der Waals surface area contributed by atoms with Crippen molar-refractivity contribution in [1.82, 2.24) is 4.98 Å². The molecule has 4 heteroatoms. The van der Waals surface area contributed by atoms with Crippen LogP contribution in [0.1, 0.15) is 43.9 Å². The van der Waals surface area contributed by atoms with E-state index in [1.807, 2.05) is 25.1 Å². The predicted molar refractivity (Wildman–Crippen MR) is 93.3 cm³/mol. The Hall–Kier alpha value is -1.81. The molecule has 1 aromatic heterocycles. The third-order valence-corrected chi connectivity index (χ3v) is 5.29. The number of nitrogens with one attached hydrogen (secondary N) is 2. The molecule has 3 rings (SSSR count). The van der Waals surface area contributed by atoms with Crippen LogP contribution in [0.15, 0.2) is 23.0 Å². The summed E-state index contributed by atoms with van der Waals surface area (Å²) in [6.45, 7) is 6.28. The molecule has 1 fully saturated rings. The van der Waals surface area contributed by atoms with Crippen molar-refractivity contribution in [3.63, 3.8) is 0 Å². The number of piperidine rings is 1. The third-order valence-electron chi connectivity index (χ3n) is 5.29. The largest absolute Gasteiger partial charge is 0.497 e. The van der Waals surface area contributed by atoms with E-state index < -0.39 is 0 Å². The SMILES string of the molecule is CCC1CCCC[NH+]1Cc1c(C)[nH]c2ccc(OC)cc2c1=O. The number of likely N-dealkylation sites (tertiary alicyclic amines) is 1. The van der Waals surface area contributed by atoms with Gasteiger partial charge in [-0.25, -0.2) is 0 Å². The Morgan fingerprint density at radius 3 is 2.91 bits per heavy atom. The summed E-state index contributed by atoms with van der Waals surface area (Å²) >= 11 is 0. The second-order valence-corrected chi connectivity index (χ2v) is 6.66. The van der Waals surface area contributed by atoms with E-state index in [1.165, 1.54) is 32.2 Å². The zero-order valence-electron chi connectivity index (χ0n) is 14.4. The van der Waals surface area contributed by atoms with Crippen molar-refractivity contribution in [2.45, 2.75) is 52.1 Å². The maximum Gasteiger partial charge on any atom is 0.198 e. The minimum absolute atomic E-state index is 0.156. The van der Waals surface area contributed by atoms with Crippen molar-refractivity contribution < 1.29 is 9.64 Å². The number of aromatic nitrogens is 1. The lowest BCUT2D eigenvalue weighted by Gasteiger charge is -2.32. The number of hydrogen-bond donors (Lipinski definition) is 2. The fourth-order valence-corrected chi connectivity index (χ4v) is 3.87. The van der Waals surface area contributed by atoms with Gasteiger partial charge in [0.2, 0.25) is 0 Å². The fourth-order valence-electron chi connectivity index (χ4n) is 3.87. The van der Waals surface area contributed by atoms with E-state index >= 15 is 0 Å². The quantitative estimate of drug-likeness (QED) is 0.908. The number of aromatic amines is 1. The Labute approximate surface area is 137 Å². The van der Waals surface area contributed by atoms with Gasteiger partial charge in [0.05, 0.1) is 25.3 Å². The summed E-state index contributed by atoms with van der Waals surface area (Å²) in [6, 6.07) is 6.35. The fraction of sp³-hybridized carbons (Fsp3) is 0.526. The number of fused-ring (bicyclic) bond motifs is 1. The molecule has 0 spiro atoms. The lowest BCUT2D eigenvalue weighted by molar-refractivity contribution is -0.944. The first kappa shape index (κ1) is 16.1. The summed E-state index contributed by atoms with van der Waals surface area (Å²) in [4.78, 5) is 18.0. The summed E-state index contributed by atoms with van der Waals surface area (Å²) in [5.74, 6) is 0.731. The highest BCUT2D eigenvalue weighted by Crippen LogP contribution is 2.18. The van der Waals surface area contributed by atoms with Gasteiger partial charge in [-0.1, -0.05) is 6.92 Å². The van der Waals surface area contributed by atoms with Crippen LogP contribution in [0.4, 0.5) is 0 Å². The Kier molecular flexibility index (Phi) is 4.71. The van der Waals surface area contributed by atoms with E-state index in [0.29, 0.717) is 6.04 Å². The first-order chi connectivity index (χ1) is 11.1. The normalized spacial score (nSPS) is 21.5. The Morgan fingerprint density at radius 2 is 2.17 bits per heavy atom. The molecular formula is C19H27N2O2+. The molecule has 4 nitrogen and oxygen atoms in total. The van der Waals surface area contributed by atoms with Gasteiger partial charge in [0.15, 0.2) is 5.43 Å². The van der Waals surface area contributed by atoms with Gasteiger partial charge in [-0.2, -0.15) is 0 Å². The minimum Gasteiger partial charge on any atom is -0.497 e. The van der Waals surface area contributed by atoms with E-state index in [0.717, 1.165) is 34.5 Å². The molecular weight excluding hydrogens is 288 g/mol. The van der Waals surface area contributed by atoms with Gasteiger partial charge < -0.3 is 14.6 Å². The molecule has 2 unspecified atom stereocenters. The average molecular weight is 315 g/mol. The molecule has 2 N–H and O–H groups in total. The molecule has 0 radical (unpaired) electrons. The Balaban J connectivity index is 2.01. The van der Waals surface area contributed by atoms with Crippen LogP contribution in [-0.2, 0) is 6.54 Å². The molecule has 1 aliphatic heterocycles. The van der Waals surface area contributed by atoms with Gasteiger partial charge in [0, 0.05) is 16.6 Å². The highest BCUT2D eigenvalue weighted by Gasteiger charge is 2.26. The number of hydrogen-bond acceptors (Lipinski definition) is 2. The molecule has 2 atom stereocenters. The molecule has 2 heterocycles. The van der Waals surface area contributed by atoms with Crippen LogP contribution >= 0.6 is 0 Å². The summed E-state index contributed by atoms with van der Waals surface area (Å²) in [6.07, 6.45) is 5.06. The van der Waals surface area contributed by atoms with Gasteiger partial charge in [0.1, 0.15) is 12.3 Å². The number of H-pyrrole nitrogens is 1. The maximum atomic E-state index is 13.0. The van der Waals surface area contributed by atoms with E-state index in [9.17, 15) is 4.79 Å². The lowest BCUT2D eigenvalue weighted by Crippen LogP contribution is -3.15. The number of ether oxygens (including phenoxy) is 1. The summed E-state index contributed by atoms with van der Waals surface area (Å²) in [7, 11) is 1.63. The smallest absolute Gasteiger partial charge is 0.198 e. The predicted octanol–water partition coefficient (Wildman–Crippen LogP) is 2.19. The molecule has 1 saturated heterocycles. The number of rotatable bonds is 4. The Bertz CT molecular complexity index is 751. The summed E-state index contributed by atoms with van der Waals surface area (Å²) in [5, 5.41) is 0.731. The van der Waals surface area contributed by atoms with Gasteiger partial charge in [-0.15, -0.1) is 0 Å². The minimum atomic E-state index is 0.156. The molecule has 0 saturated carbocycles. The molecule has 0 bridgehead atoms. The molecule has 1 aliphatic rings. The van der Waals surface area contributed by atoms with E-state index in [2.05, 4.69) is 11.9 Å². The zero-order chi connectivity index (χ0) is 16.4. The highest BCUT2D eigenvalue weighted by atomic mass is 16.5. The number of pyridine rings is 1. The van der Waals surface area contributed by atoms with Crippen molar-refractivity contribution in [2.75, 3.05) is 13.7 Å². The highest BCUT2D eigenvalue weighted by molar-refractivity contribution is 5.81.